The predicted molar refractivity (Wildman–Crippen MR) is 52.5 cm³/mol. The van der Waals surface area contributed by atoms with Crippen molar-refractivity contribution < 1.29 is 4.74 Å². The van der Waals surface area contributed by atoms with Crippen LogP contribution in [0.15, 0.2) is 18.7 Å². The van der Waals surface area contributed by atoms with Crippen molar-refractivity contribution in [1.82, 2.24) is 0 Å². The molecule has 2 nitrogen and oxygen atoms in total. The van der Waals surface area contributed by atoms with E-state index in [0.29, 0.717) is 16.5 Å². The molecule has 0 atom stereocenters. The van der Waals surface area contributed by atoms with Crippen molar-refractivity contribution in [1.29, 1.82) is 0 Å². The number of anilines is 1. The number of hydrogen-bond donors (Lipinski definition) is 1. The van der Waals surface area contributed by atoms with Gasteiger partial charge in [0.05, 0.1) is 17.8 Å². The Morgan fingerprint density at radius 3 is 2.75 bits per heavy atom. The first-order valence-corrected chi connectivity index (χ1v) is 3.82. The SMILES string of the molecule is C=Cc1cc(N)c(OC)cc1Cl. The maximum atomic E-state index is 5.87. The van der Waals surface area contributed by atoms with Crippen LogP contribution in [0.2, 0.25) is 5.02 Å². The molecule has 0 unspecified atom stereocenters. The first-order chi connectivity index (χ1) is 5.69. The lowest BCUT2D eigenvalue weighted by molar-refractivity contribution is 0.417. The Labute approximate surface area is 76.6 Å². The average Bonchev–Trinajstić information content (AvgIpc) is 2.08. The van der Waals surface area contributed by atoms with E-state index in [9.17, 15) is 0 Å². The summed E-state index contributed by atoms with van der Waals surface area (Å²) in [5, 5.41) is 0.594. The summed E-state index contributed by atoms with van der Waals surface area (Å²) >= 11 is 5.87. The van der Waals surface area contributed by atoms with Crippen LogP contribution in [0.3, 0.4) is 0 Å². The summed E-state index contributed by atoms with van der Waals surface area (Å²) < 4.78 is 4.98. The Bertz CT molecular complexity index is 310. The Kier molecular flexibility index (Phi) is 2.61. The first kappa shape index (κ1) is 8.94. The van der Waals surface area contributed by atoms with Gasteiger partial charge in [-0.05, 0) is 11.6 Å². The van der Waals surface area contributed by atoms with E-state index in [2.05, 4.69) is 6.58 Å². The molecule has 0 radical (unpaired) electrons. The second kappa shape index (κ2) is 3.50. The van der Waals surface area contributed by atoms with E-state index in [1.54, 1.807) is 25.3 Å². The molecule has 0 fully saturated rings. The molecule has 0 aliphatic heterocycles. The highest BCUT2D eigenvalue weighted by Gasteiger charge is 2.03. The molecule has 3 heteroatoms. The molecule has 0 amide bonds. The molecular formula is C9H10ClNO. The summed E-state index contributed by atoms with van der Waals surface area (Å²) in [6, 6.07) is 3.40. The van der Waals surface area contributed by atoms with Gasteiger partial charge in [-0.15, -0.1) is 0 Å². The fourth-order valence-electron chi connectivity index (χ4n) is 0.923. The van der Waals surface area contributed by atoms with Crippen LogP contribution in [0.1, 0.15) is 5.56 Å². The number of nitrogen functional groups attached to an aromatic ring is 1. The molecule has 12 heavy (non-hydrogen) atoms. The molecule has 0 heterocycles. The van der Waals surface area contributed by atoms with Crippen molar-refractivity contribution in [3.8, 4) is 5.75 Å². The molecule has 0 saturated carbocycles. The van der Waals surface area contributed by atoms with Crippen molar-refractivity contribution in [2.45, 2.75) is 0 Å². The lowest BCUT2D eigenvalue weighted by Crippen LogP contribution is -1.93. The van der Waals surface area contributed by atoms with E-state index in [0.717, 1.165) is 5.56 Å². The molecule has 0 saturated heterocycles. The zero-order chi connectivity index (χ0) is 9.14. The largest absolute Gasteiger partial charge is 0.495 e. The van der Waals surface area contributed by atoms with Crippen LogP contribution in [-0.4, -0.2) is 7.11 Å². The van der Waals surface area contributed by atoms with Crippen LogP contribution in [0.4, 0.5) is 5.69 Å². The van der Waals surface area contributed by atoms with E-state index >= 15 is 0 Å². The highest BCUT2D eigenvalue weighted by Crippen LogP contribution is 2.29. The van der Waals surface area contributed by atoms with Gasteiger partial charge in [-0.1, -0.05) is 24.3 Å². The van der Waals surface area contributed by atoms with E-state index in [-0.39, 0.29) is 0 Å². The van der Waals surface area contributed by atoms with Crippen molar-refractivity contribution in [2.24, 2.45) is 0 Å². The number of nitrogens with two attached hydrogens (primary N) is 1. The van der Waals surface area contributed by atoms with Crippen LogP contribution in [0.5, 0.6) is 5.75 Å². The van der Waals surface area contributed by atoms with Gasteiger partial charge in [0.15, 0.2) is 0 Å². The first-order valence-electron chi connectivity index (χ1n) is 3.44. The van der Waals surface area contributed by atoms with Crippen LogP contribution in [0.25, 0.3) is 6.08 Å². The molecular weight excluding hydrogens is 174 g/mol. The molecule has 0 spiro atoms. The molecule has 0 aromatic heterocycles. The standard InChI is InChI=1S/C9H10ClNO/c1-3-6-4-8(11)9(12-2)5-7(6)10/h3-5H,1,11H2,2H3. The number of halogens is 1. The molecule has 1 aromatic rings. The van der Waals surface area contributed by atoms with Crippen molar-refractivity contribution in [3.63, 3.8) is 0 Å². The number of rotatable bonds is 2. The summed E-state index contributed by atoms with van der Waals surface area (Å²) in [5.41, 5.74) is 7.03. The van der Waals surface area contributed by atoms with E-state index in [1.165, 1.54) is 0 Å². The van der Waals surface area contributed by atoms with Gasteiger partial charge in [0.1, 0.15) is 5.75 Å². The minimum Gasteiger partial charge on any atom is -0.495 e. The minimum absolute atomic E-state index is 0.566. The van der Waals surface area contributed by atoms with Gasteiger partial charge in [0.25, 0.3) is 0 Å². The number of methoxy groups -OCH3 is 1. The van der Waals surface area contributed by atoms with E-state index in [4.69, 9.17) is 22.1 Å². The summed E-state index contributed by atoms with van der Waals surface area (Å²) in [6.45, 7) is 3.61. The molecule has 64 valence electrons. The summed E-state index contributed by atoms with van der Waals surface area (Å²) in [6.07, 6.45) is 1.65. The molecule has 0 bridgehead atoms. The van der Waals surface area contributed by atoms with Gasteiger partial charge in [-0.3, -0.25) is 0 Å². The third-order valence-corrected chi connectivity index (χ3v) is 1.90. The average molecular weight is 184 g/mol. The molecule has 0 aliphatic carbocycles. The van der Waals surface area contributed by atoms with Crippen molar-refractivity contribution >= 4 is 23.4 Å². The quantitative estimate of drug-likeness (QED) is 0.716. The molecule has 1 rings (SSSR count). The second-order valence-electron chi connectivity index (χ2n) is 2.32. The highest BCUT2D eigenvalue weighted by atomic mass is 35.5. The van der Waals surface area contributed by atoms with Crippen molar-refractivity contribution in [2.75, 3.05) is 12.8 Å². The zero-order valence-electron chi connectivity index (χ0n) is 6.80. The predicted octanol–water partition coefficient (Wildman–Crippen LogP) is 2.57. The molecule has 2 N–H and O–H groups in total. The lowest BCUT2D eigenvalue weighted by atomic mass is 10.2. The molecule has 0 aliphatic rings. The monoisotopic (exact) mass is 183 g/mol. The zero-order valence-corrected chi connectivity index (χ0v) is 7.56. The minimum atomic E-state index is 0.566. The van der Waals surface area contributed by atoms with Gasteiger partial charge < -0.3 is 10.5 Å². The molecule has 1 aromatic carbocycles. The van der Waals surface area contributed by atoms with Crippen LogP contribution in [0, 0.1) is 0 Å². The van der Waals surface area contributed by atoms with Crippen molar-refractivity contribution in [3.05, 3.63) is 29.3 Å². The van der Waals surface area contributed by atoms with Gasteiger partial charge in [-0.2, -0.15) is 0 Å². The van der Waals surface area contributed by atoms with Crippen LogP contribution in [-0.2, 0) is 0 Å². The highest BCUT2D eigenvalue weighted by molar-refractivity contribution is 6.32. The van der Waals surface area contributed by atoms with Crippen LogP contribution >= 0.6 is 11.6 Å². The summed E-state index contributed by atoms with van der Waals surface area (Å²) in [7, 11) is 1.55. The van der Waals surface area contributed by atoms with E-state index < -0.39 is 0 Å². The van der Waals surface area contributed by atoms with Gasteiger partial charge >= 0.3 is 0 Å². The number of hydrogen-bond acceptors (Lipinski definition) is 2. The van der Waals surface area contributed by atoms with Gasteiger partial charge in [-0.25, -0.2) is 0 Å². The maximum absolute atomic E-state index is 5.87. The normalized spacial score (nSPS) is 9.50. The van der Waals surface area contributed by atoms with Crippen LogP contribution < -0.4 is 10.5 Å². The second-order valence-corrected chi connectivity index (χ2v) is 2.73. The Morgan fingerprint density at radius 2 is 2.25 bits per heavy atom. The number of benzene rings is 1. The Hall–Kier alpha value is -1.15. The van der Waals surface area contributed by atoms with Gasteiger partial charge in [0, 0.05) is 6.07 Å². The summed E-state index contributed by atoms with van der Waals surface area (Å²) in [5.74, 6) is 0.589. The fourth-order valence-corrected chi connectivity index (χ4v) is 1.15. The Balaban J connectivity index is 3.25. The number of ether oxygens (including phenoxy) is 1. The third kappa shape index (κ3) is 1.53. The lowest BCUT2D eigenvalue weighted by Gasteiger charge is -2.06. The third-order valence-electron chi connectivity index (χ3n) is 1.57. The smallest absolute Gasteiger partial charge is 0.143 e. The Morgan fingerprint density at radius 1 is 1.58 bits per heavy atom. The van der Waals surface area contributed by atoms with E-state index in [1.807, 2.05) is 0 Å². The maximum Gasteiger partial charge on any atom is 0.143 e. The summed E-state index contributed by atoms with van der Waals surface area (Å²) in [4.78, 5) is 0. The topological polar surface area (TPSA) is 35.2 Å². The van der Waals surface area contributed by atoms with Gasteiger partial charge in [0.2, 0.25) is 0 Å². The fraction of sp³-hybridized carbons (Fsp3) is 0.111.